The van der Waals surface area contributed by atoms with Crippen molar-refractivity contribution in [1.82, 2.24) is 4.90 Å². The number of benzene rings is 2. The summed E-state index contributed by atoms with van der Waals surface area (Å²) in [6, 6.07) is 13.8. The molecule has 8 nitrogen and oxygen atoms in total. The van der Waals surface area contributed by atoms with Crippen LogP contribution in [0.3, 0.4) is 0 Å². The molecule has 0 saturated carbocycles. The minimum Gasteiger partial charge on any atom is -0.490 e. The Balaban J connectivity index is 1.15. The van der Waals surface area contributed by atoms with E-state index in [1.54, 1.807) is 0 Å². The number of β-amino-alcohol motifs (C(OH)–C–C–N with tert-alkyl or cyclic N) is 1. The molecule has 0 amide bonds. The van der Waals surface area contributed by atoms with E-state index in [1.165, 1.54) is 0 Å². The fraction of sp³-hybridized carbons (Fsp3) is 0.556. The van der Waals surface area contributed by atoms with Crippen LogP contribution >= 0.6 is 0 Å². The van der Waals surface area contributed by atoms with Crippen LogP contribution in [0.2, 0.25) is 0 Å². The van der Waals surface area contributed by atoms with Gasteiger partial charge in [0.25, 0.3) is 0 Å². The first-order valence-electron chi connectivity index (χ1n) is 12.5. The van der Waals surface area contributed by atoms with Crippen molar-refractivity contribution in [3.05, 3.63) is 48.0 Å². The average molecular weight is 488 g/mol. The number of aliphatic hydroxyl groups is 4. The first kappa shape index (κ1) is 25.9. The van der Waals surface area contributed by atoms with E-state index in [0.717, 1.165) is 53.9 Å². The molecule has 2 aliphatic rings. The Hall–Kier alpha value is -2.20. The van der Waals surface area contributed by atoms with Crippen molar-refractivity contribution in [2.24, 2.45) is 0 Å². The third-order valence-electron chi connectivity index (χ3n) is 6.75. The molecule has 0 bridgehead atoms. The molecule has 0 spiro atoms. The largest absolute Gasteiger partial charge is 0.490 e. The van der Waals surface area contributed by atoms with Crippen LogP contribution in [0, 0.1) is 0 Å². The summed E-state index contributed by atoms with van der Waals surface area (Å²) in [6.45, 7) is 3.21. The lowest BCUT2D eigenvalue weighted by molar-refractivity contribution is -0.145. The van der Waals surface area contributed by atoms with Crippen LogP contribution in [0.25, 0.3) is 11.1 Å². The van der Waals surface area contributed by atoms with E-state index in [1.807, 2.05) is 17.0 Å². The highest BCUT2D eigenvalue weighted by Crippen LogP contribution is 2.34. The summed E-state index contributed by atoms with van der Waals surface area (Å²) in [6.07, 6.45) is 0.240. The number of piperidine rings is 1. The minimum atomic E-state index is -1.21. The topological polar surface area (TPSA) is 112 Å². The highest BCUT2D eigenvalue weighted by Gasteiger charge is 2.40. The van der Waals surface area contributed by atoms with Crippen molar-refractivity contribution in [2.75, 3.05) is 39.5 Å². The molecule has 4 N–H and O–H groups in total. The van der Waals surface area contributed by atoms with Gasteiger partial charge in [-0.3, -0.25) is 4.90 Å². The van der Waals surface area contributed by atoms with Gasteiger partial charge in [-0.25, -0.2) is 0 Å². The zero-order valence-electron chi connectivity index (χ0n) is 20.1. The first-order chi connectivity index (χ1) is 17.1. The zero-order valence-corrected chi connectivity index (χ0v) is 20.1. The second kappa shape index (κ2) is 12.7. The zero-order chi connectivity index (χ0) is 24.6. The Morgan fingerprint density at radius 2 is 1.60 bits per heavy atom. The number of hydrogen-bond acceptors (Lipinski definition) is 8. The predicted molar refractivity (Wildman–Crippen MR) is 131 cm³/mol. The van der Waals surface area contributed by atoms with E-state index >= 15 is 0 Å². The summed E-state index contributed by atoms with van der Waals surface area (Å²) < 4.78 is 17.3. The van der Waals surface area contributed by atoms with Gasteiger partial charge in [0.1, 0.15) is 12.2 Å². The molecule has 35 heavy (non-hydrogen) atoms. The maximum Gasteiger partial charge on any atom is 0.161 e. The summed E-state index contributed by atoms with van der Waals surface area (Å²) in [4.78, 5) is 1.85. The van der Waals surface area contributed by atoms with Crippen LogP contribution in [0.15, 0.2) is 42.5 Å². The Bertz CT molecular complexity index is 922. The van der Waals surface area contributed by atoms with E-state index in [0.29, 0.717) is 33.0 Å². The lowest BCUT2D eigenvalue weighted by atomic mass is 9.94. The maximum absolute atomic E-state index is 10.1. The molecule has 1 saturated heterocycles. The van der Waals surface area contributed by atoms with Gasteiger partial charge >= 0.3 is 0 Å². The van der Waals surface area contributed by atoms with Crippen molar-refractivity contribution in [3.63, 3.8) is 0 Å². The second-order valence-electron chi connectivity index (χ2n) is 9.32. The van der Waals surface area contributed by atoms with Crippen molar-refractivity contribution >= 4 is 0 Å². The maximum atomic E-state index is 10.1. The Morgan fingerprint density at radius 3 is 2.37 bits per heavy atom. The van der Waals surface area contributed by atoms with Crippen molar-refractivity contribution in [3.8, 4) is 22.6 Å². The lowest BCUT2D eigenvalue weighted by Crippen LogP contribution is -2.62. The van der Waals surface area contributed by atoms with Gasteiger partial charge in [-0.05, 0) is 54.6 Å². The summed E-state index contributed by atoms with van der Waals surface area (Å²) >= 11 is 0. The number of nitrogens with zero attached hydrogens (tertiary/aromatic N) is 1. The van der Waals surface area contributed by atoms with E-state index in [2.05, 4.69) is 30.3 Å². The number of aliphatic hydroxyl groups excluding tert-OH is 4. The smallest absolute Gasteiger partial charge is 0.161 e. The Morgan fingerprint density at radius 1 is 0.857 bits per heavy atom. The Kier molecular flexibility index (Phi) is 9.37. The number of unbranched alkanes of at least 4 members (excludes halogenated alkanes) is 2. The summed E-state index contributed by atoms with van der Waals surface area (Å²) in [7, 11) is 0. The molecule has 4 atom stereocenters. The monoisotopic (exact) mass is 487 g/mol. The third-order valence-corrected chi connectivity index (χ3v) is 6.75. The second-order valence-corrected chi connectivity index (χ2v) is 9.32. The molecule has 2 unspecified atom stereocenters. The molecule has 2 heterocycles. The van der Waals surface area contributed by atoms with Crippen LogP contribution < -0.4 is 9.47 Å². The van der Waals surface area contributed by atoms with Crippen LogP contribution in [0.1, 0.15) is 31.2 Å². The number of ether oxygens (including phenoxy) is 3. The summed E-state index contributed by atoms with van der Waals surface area (Å²) in [5.41, 5.74) is 3.32. The van der Waals surface area contributed by atoms with Crippen molar-refractivity contribution in [1.29, 1.82) is 0 Å². The van der Waals surface area contributed by atoms with E-state index in [9.17, 15) is 20.4 Å². The molecule has 192 valence electrons. The minimum absolute atomic E-state index is 0.248. The predicted octanol–water partition coefficient (Wildman–Crippen LogP) is 1.96. The van der Waals surface area contributed by atoms with E-state index < -0.39 is 24.4 Å². The average Bonchev–Trinajstić information content (AvgIpc) is 3.12. The van der Waals surface area contributed by atoms with Gasteiger partial charge in [0.2, 0.25) is 0 Å². The molecule has 2 aromatic carbocycles. The molecule has 0 radical (unpaired) electrons. The molecule has 2 aliphatic heterocycles. The SMILES string of the molecule is OCC1[C@@H](O)C(O)[C@@H](O)CN1CCCCCOCc1ccc(-c2ccc3c(c2)OCCCO3)cc1. The van der Waals surface area contributed by atoms with Crippen LogP contribution in [-0.4, -0.2) is 89.2 Å². The molecule has 2 aromatic rings. The van der Waals surface area contributed by atoms with E-state index in [-0.39, 0.29) is 13.2 Å². The van der Waals surface area contributed by atoms with Gasteiger partial charge in [-0.15, -0.1) is 0 Å². The van der Waals surface area contributed by atoms with Gasteiger partial charge in [-0.1, -0.05) is 30.3 Å². The molecule has 0 aromatic heterocycles. The van der Waals surface area contributed by atoms with Gasteiger partial charge in [0, 0.05) is 19.6 Å². The molecule has 0 aliphatic carbocycles. The fourth-order valence-electron chi connectivity index (χ4n) is 4.66. The number of fused-ring (bicyclic) bond motifs is 1. The van der Waals surface area contributed by atoms with Gasteiger partial charge in [0.15, 0.2) is 11.5 Å². The van der Waals surface area contributed by atoms with Crippen molar-refractivity contribution < 1.29 is 34.6 Å². The van der Waals surface area contributed by atoms with Gasteiger partial charge < -0.3 is 34.6 Å². The summed E-state index contributed by atoms with van der Waals surface area (Å²) in [5, 5.41) is 39.3. The van der Waals surface area contributed by atoms with E-state index in [4.69, 9.17) is 14.2 Å². The van der Waals surface area contributed by atoms with Crippen LogP contribution in [0.5, 0.6) is 11.5 Å². The normalized spacial score (nSPS) is 24.8. The fourth-order valence-corrected chi connectivity index (χ4v) is 4.66. The molecule has 8 heteroatoms. The molecule has 4 rings (SSSR count). The lowest BCUT2D eigenvalue weighted by Gasteiger charge is -2.43. The highest BCUT2D eigenvalue weighted by molar-refractivity contribution is 5.67. The van der Waals surface area contributed by atoms with Gasteiger partial charge in [-0.2, -0.15) is 0 Å². The summed E-state index contributed by atoms with van der Waals surface area (Å²) in [5.74, 6) is 1.60. The van der Waals surface area contributed by atoms with Crippen LogP contribution in [0.4, 0.5) is 0 Å². The first-order valence-corrected chi connectivity index (χ1v) is 12.5. The molecular weight excluding hydrogens is 450 g/mol. The standard InChI is InChI=1S/C27H37NO7/c29-17-22-26(31)27(32)23(30)16-28(22)11-2-1-3-12-33-18-19-5-7-20(8-6-19)21-9-10-24-25(15-21)35-14-4-13-34-24/h5-10,15,22-23,26-27,29-32H,1-4,11-14,16-18H2/t22?,23-,26+,27?/m0/s1. The molecule has 1 fully saturated rings. The van der Waals surface area contributed by atoms with Crippen LogP contribution in [-0.2, 0) is 11.3 Å². The molecular formula is C27H37NO7. The highest BCUT2D eigenvalue weighted by atomic mass is 16.5. The van der Waals surface area contributed by atoms with Crippen molar-refractivity contribution in [2.45, 2.75) is 56.6 Å². The Labute approximate surface area is 206 Å². The quantitative estimate of drug-likeness (QED) is 0.377. The number of rotatable bonds is 10. The van der Waals surface area contributed by atoms with Gasteiger partial charge in [0.05, 0.1) is 38.6 Å². The third kappa shape index (κ3) is 6.73. The number of hydrogen-bond donors (Lipinski definition) is 4. The number of likely N-dealkylation sites (tertiary alicyclic amines) is 1.